The fraction of sp³-hybridized carbons (Fsp3) is 0.429. The van der Waals surface area contributed by atoms with E-state index in [1.165, 1.54) is 5.56 Å². The minimum Gasteiger partial charge on any atom is -0.384 e. The second kappa shape index (κ2) is 8.15. The topological polar surface area (TPSA) is 54.0 Å². The number of nitrogens with zero attached hydrogens (tertiary/aromatic N) is 1. The average molecular weight is 339 g/mol. The highest BCUT2D eigenvalue weighted by Crippen LogP contribution is 2.22. The summed E-state index contributed by atoms with van der Waals surface area (Å²) in [5.41, 5.74) is 2.88. The molecular weight excluding hydrogens is 310 g/mol. The van der Waals surface area contributed by atoms with Gasteiger partial charge >= 0.3 is 0 Å². The molecule has 0 unspecified atom stereocenters. The Kier molecular flexibility index (Phi) is 6.18. The quantitative estimate of drug-likeness (QED) is 0.771. The first kappa shape index (κ1) is 19.0. The molecule has 1 aromatic carbocycles. The number of rotatable bonds is 6. The Balaban J connectivity index is 1.94. The van der Waals surface area contributed by atoms with Crippen LogP contribution in [-0.4, -0.2) is 17.4 Å². The molecule has 0 spiro atoms. The molecule has 0 fully saturated rings. The lowest BCUT2D eigenvalue weighted by Gasteiger charge is -2.19. The molecule has 2 N–H and O–H groups in total. The van der Waals surface area contributed by atoms with Crippen LogP contribution in [0.3, 0.4) is 0 Å². The molecule has 134 valence electrons. The summed E-state index contributed by atoms with van der Waals surface area (Å²) in [6.45, 7) is 11.8. The Morgan fingerprint density at radius 2 is 1.76 bits per heavy atom. The Labute approximate surface area is 151 Å². The van der Waals surface area contributed by atoms with Gasteiger partial charge in [-0.15, -0.1) is 0 Å². The highest BCUT2D eigenvalue weighted by Gasteiger charge is 2.14. The van der Waals surface area contributed by atoms with E-state index >= 15 is 0 Å². The molecule has 1 heterocycles. The lowest BCUT2D eigenvalue weighted by atomic mass is 9.87. The highest BCUT2D eigenvalue weighted by molar-refractivity contribution is 6.03. The minimum absolute atomic E-state index is 0.0783. The SMILES string of the molecule is CC(C)CCNc1ccc(NC(=O)c2ccc(C(C)(C)C)cc2)nc1. The first-order valence-corrected chi connectivity index (χ1v) is 8.87. The van der Waals surface area contributed by atoms with E-state index in [1.54, 1.807) is 6.20 Å². The molecule has 0 saturated heterocycles. The number of pyridine rings is 1. The number of anilines is 2. The number of carbonyl (C=O) groups excluding carboxylic acids is 1. The minimum atomic E-state index is -0.145. The maximum atomic E-state index is 12.3. The lowest BCUT2D eigenvalue weighted by molar-refractivity contribution is 0.102. The summed E-state index contributed by atoms with van der Waals surface area (Å²) in [5.74, 6) is 1.08. The number of aromatic nitrogens is 1. The van der Waals surface area contributed by atoms with Gasteiger partial charge in [0.05, 0.1) is 11.9 Å². The van der Waals surface area contributed by atoms with Crippen molar-refractivity contribution < 1.29 is 4.79 Å². The summed E-state index contributed by atoms with van der Waals surface area (Å²) < 4.78 is 0. The van der Waals surface area contributed by atoms with Crippen molar-refractivity contribution in [2.75, 3.05) is 17.2 Å². The molecule has 25 heavy (non-hydrogen) atoms. The third-order valence-electron chi connectivity index (χ3n) is 4.07. The van der Waals surface area contributed by atoms with Gasteiger partial charge in [-0.05, 0) is 47.6 Å². The summed E-state index contributed by atoms with van der Waals surface area (Å²) in [7, 11) is 0. The number of benzene rings is 1. The number of nitrogens with one attached hydrogen (secondary N) is 2. The highest BCUT2D eigenvalue weighted by atomic mass is 16.1. The van der Waals surface area contributed by atoms with Crippen LogP contribution < -0.4 is 10.6 Å². The van der Waals surface area contributed by atoms with Gasteiger partial charge < -0.3 is 10.6 Å². The normalized spacial score (nSPS) is 11.4. The summed E-state index contributed by atoms with van der Waals surface area (Å²) in [4.78, 5) is 16.6. The smallest absolute Gasteiger partial charge is 0.256 e. The van der Waals surface area contributed by atoms with Crippen LogP contribution in [0.2, 0.25) is 0 Å². The molecule has 0 aliphatic rings. The molecule has 0 saturated carbocycles. The van der Waals surface area contributed by atoms with Gasteiger partial charge in [-0.3, -0.25) is 4.79 Å². The maximum Gasteiger partial charge on any atom is 0.256 e. The molecule has 2 rings (SSSR count). The predicted molar refractivity (Wildman–Crippen MR) is 105 cm³/mol. The van der Waals surface area contributed by atoms with Crippen molar-refractivity contribution in [3.63, 3.8) is 0 Å². The summed E-state index contributed by atoms with van der Waals surface area (Å²) in [6.07, 6.45) is 2.86. The van der Waals surface area contributed by atoms with Gasteiger partial charge in [0.15, 0.2) is 0 Å². The number of carbonyl (C=O) groups is 1. The van der Waals surface area contributed by atoms with E-state index in [-0.39, 0.29) is 11.3 Å². The zero-order chi connectivity index (χ0) is 18.4. The largest absolute Gasteiger partial charge is 0.384 e. The van der Waals surface area contributed by atoms with Crippen LogP contribution in [0.15, 0.2) is 42.6 Å². The standard InChI is InChI=1S/C21H29N3O/c1-15(2)12-13-22-18-10-11-19(23-14-18)24-20(25)16-6-8-17(9-7-16)21(3,4)5/h6-11,14-15,22H,12-13H2,1-5H3,(H,23,24,25). The Morgan fingerprint density at radius 1 is 1.08 bits per heavy atom. The van der Waals surface area contributed by atoms with E-state index in [0.717, 1.165) is 18.7 Å². The molecule has 1 amide bonds. The van der Waals surface area contributed by atoms with Gasteiger partial charge in [0, 0.05) is 12.1 Å². The molecule has 4 nitrogen and oxygen atoms in total. The van der Waals surface area contributed by atoms with Gasteiger partial charge in [-0.1, -0.05) is 46.8 Å². The number of hydrogen-bond donors (Lipinski definition) is 2. The fourth-order valence-electron chi connectivity index (χ4n) is 2.39. The van der Waals surface area contributed by atoms with Crippen LogP contribution in [0.1, 0.15) is 57.0 Å². The third-order valence-corrected chi connectivity index (χ3v) is 4.07. The fourth-order valence-corrected chi connectivity index (χ4v) is 2.39. The van der Waals surface area contributed by atoms with Crippen LogP contribution in [0.5, 0.6) is 0 Å². The first-order chi connectivity index (χ1) is 11.8. The zero-order valence-electron chi connectivity index (χ0n) is 15.9. The monoisotopic (exact) mass is 339 g/mol. The van der Waals surface area contributed by atoms with Gasteiger partial charge in [-0.2, -0.15) is 0 Å². The maximum absolute atomic E-state index is 12.3. The van der Waals surface area contributed by atoms with E-state index in [1.807, 2.05) is 36.4 Å². The number of amides is 1. The van der Waals surface area contributed by atoms with Crippen molar-refractivity contribution in [3.05, 3.63) is 53.7 Å². The molecule has 0 aliphatic heterocycles. The predicted octanol–water partition coefficient (Wildman–Crippen LogP) is 5.09. The van der Waals surface area contributed by atoms with Crippen molar-refractivity contribution in [2.45, 2.75) is 46.5 Å². The molecule has 0 bridgehead atoms. The Bertz CT molecular complexity index is 683. The van der Waals surface area contributed by atoms with E-state index in [4.69, 9.17) is 0 Å². The zero-order valence-corrected chi connectivity index (χ0v) is 15.9. The summed E-state index contributed by atoms with van der Waals surface area (Å²) >= 11 is 0. The molecule has 0 atom stereocenters. The van der Waals surface area contributed by atoms with E-state index < -0.39 is 0 Å². The molecule has 4 heteroatoms. The van der Waals surface area contributed by atoms with Gasteiger partial charge in [-0.25, -0.2) is 4.98 Å². The van der Waals surface area contributed by atoms with Gasteiger partial charge in [0.2, 0.25) is 0 Å². The Morgan fingerprint density at radius 3 is 2.28 bits per heavy atom. The first-order valence-electron chi connectivity index (χ1n) is 8.87. The van der Waals surface area contributed by atoms with Crippen LogP contribution in [0.25, 0.3) is 0 Å². The number of hydrogen-bond acceptors (Lipinski definition) is 3. The van der Waals surface area contributed by atoms with Crippen molar-refractivity contribution in [1.82, 2.24) is 4.98 Å². The Hall–Kier alpha value is -2.36. The van der Waals surface area contributed by atoms with Gasteiger partial charge in [0.1, 0.15) is 5.82 Å². The van der Waals surface area contributed by atoms with Crippen LogP contribution in [0, 0.1) is 5.92 Å². The van der Waals surface area contributed by atoms with E-state index in [0.29, 0.717) is 17.3 Å². The van der Waals surface area contributed by atoms with Crippen LogP contribution >= 0.6 is 0 Å². The summed E-state index contributed by atoms with van der Waals surface area (Å²) in [6, 6.07) is 11.5. The molecule has 0 aliphatic carbocycles. The van der Waals surface area contributed by atoms with Crippen molar-refractivity contribution in [1.29, 1.82) is 0 Å². The van der Waals surface area contributed by atoms with Crippen molar-refractivity contribution in [3.8, 4) is 0 Å². The summed E-state index contributed by atoms with van der Waals surface area (Å²) in [5, 5.41) is 6.17. The second-order valence-electron chi connectivity index (χ2n) is 7.82. The van der Waals surface area contributed by atoms with E-state index in [9.17, 15) is 4.79 Å². The molecule has 1 aromatic heterocycles. The molecular formula is C21H29N3O. The van der Waals surface area contributed by atoms with E-state index in [2.05, 4.69) is 50.2 Å². The van der Waals surface area contributed by atoms with Crippen LogP contribution in [0.4, 0.5) is 11.5 Å². The van der Waals surface area contributed by atoms with Crippen LogP contribution in [-0.2, 0) is 5.41 Å². The molecule has 2 aromatic rings. The van der Waals surface area contributed by atoms with Gasteiger partial charge in [0.25, 0.3) is 5.91 Å². The van der Waals surface area contributed by atoms with Crippen molar-refractivity contribution in [2.24, 2.45) is 5.92 Å². The third kappa shape index (κ3) is 5.89. The average Bonchev–Trinajstić information content (AvgIpc) is 2.55. The second-order valence-corrected chi connectivity index (χ2v) is 7.82. The lowest BCUT2D eigenvalue weighted by Crippen LogP contribution is -2.15. The molecule has 0 radical (unpaired) electrons. The van der Waals surface area contributed by atoms with Crippen molar-refractivity contribution >= 4 is 17.4 Å².